The number of fused-ring (bicyclic) bond motifs is 2. The van der Waals surface area contributed by atoms with Crippen LogP contribution in [0.15, 0.2) is 35.3 Å². The maximum absolute atomic E-state index is 12.9. The highest BCUT2D eigenvalue weighted by molar-refractivity contribution is 7.15. The van der Waals surface area contributed by atoms with E-state index in [2.05, 4.69) is 10.6 Å². The number of benzene rings is 1. The van der Waals surface area contributed by atoms with Crippen molar-refractivity contribution in [3.8, 4) is 10.4 Å². The molecule has 1 unspecified atom stereocenters. The molecule has 2 heterocycles. The van der Waals surface area contributed by atoms with Gasteiger partial charge in [0.15, 0.2) is 0 Å². The average molecular weight is 410 g/mol. The second-order valence-corrected chi connectivity index (χ2v) is 8.95. The van der Waals surface area contributed by atoms with Gasteiger partial charge in [-0.1, -0.05) is 6.07 Å². The number of pyridine rings is 1. The number of nitrogens with zero attached hydrogens (tertiary/aromatic N) is 1. The van der Waals surface area contributed by atoms with Crippen molar-refractivity contribution in [2.24, 2.45) is 0 Å². The third kappa shape index (κ3) is 3.20. The topological polar surface area (TPSA) is 68.5 Å². The van der Waals surface area contributed by atoms with E-state index in [1.54, 1.807) is 24.5 Å². The van der Waals surface area contributed by atoms with Crippen LogP contribution < -0.4 is 5.43 Å². The Hall–Kier alpha value is -2.44. The highest BCUT2D eigenvalue weighted by atomic mass is 32.1. The number of carbonyl (C=O) groups excluding carboxylic acids is 1. The van der Waals surface area contributed by atoms with Crippen LogP contribution in [0.25, 0.3) is 21.3 Å². The number of esters is 1. The number of aromatic nitrogens is 1. The van der Waals surface area contributed by atoms with Crippen LogP contribution in [0.1, 0.15) is 65.6 Å². The van der Waals surface area contributed by atoms with Gasteiger partial charge in [-0.3, -0.25) is 4.79 Å². The SMILES string of the molecule is CCOC(=O)c1cn(C2CC2)c2cc(-c3cc4c(s3)C(O)CCC4)ccc2c1=O. The Kier molecular flexibility index (Phi) is 4.56. The molecule has 0 radical (unpaired) electrons. The summed E-state index contributed by atoms with van der Waals surface area (Å²) >= 11 is 1.64. The molecule has 5 nitrogen and oxygen atoms in total. The minimum atomic E-state index is -0.558. The summed E-state index contributed by atoms with van der Waals surface area (Å²) < 4.78 is 7.15. The van der Waals surface area contributed by atoms with E-state index < -0.39 is 5.97 Å². The molecule has 5 rings (SSSR count). The molecule has 1 saturated carbocycles. The minimum absolute atomic E-state index is 0.105. The second-order valence-electron chi connectivity index (χ2n) is 7.87. The molecule has 1 aromatic carbocycles. The molecule has 1 fully saturated rings. The summed E-state index contributed by atoms with van der Waals surface area (Å²) in [6, 6.07) is 8.31. The van der Waals surface area contributed by atoms with Gasteiger partial charge in [0, 0.05) is 27.4 Å². The monoisotopic (exact) mass is 409 g/mol. The summed E-state index contributed by atoms with van der Waals surface area (Å²) in [6.45, 7) is 1.98. The van der Waals surface area contributed by atoms with Gasteiger partial charge in [-0.15, -0.1) is 11.3 Å². The molecule has 1 atom stereocenters. The van der Waals surface area contributed by atoms with Crippen LogP contribution >= 0.6 is 11.3 Å². The quantitative estimate of drug-likeness (QED) is 0.639. The van der Waals surface area contributed by atoms with Crippen LogP contribution in [0.5, 0.6) is 0 Å². The number of ether oxygens (including phenoxy) is 1. The second kappa shape index (κ2) is 7.11. The molecule has 0 bridgehead atoms. The van der Waals surface area contributed by atoms with Crippen molar-refractivity contribution in [3.05, 3.63) is 56.7 Å². The van der Waals surface area contributed by atoms with Gasteiger partial charge in [-0.05, 0) is 68.4 Å². The number of aliphatic hydroxyl groups is 1. The molecule has 29 heavy (non-hydrogen) atoms. The van der Waals surface area contributed by atoms with Crippen molar-refractivity contribution in [1.29, 1.82) is 0 Å². The Labute approximate surface area is 172 Å². The van der Waals surface area contributed by atoms with Gasteiger partial charge in [-0.25, -0.2) is 4.79 Å². The van der Waals surface area contributed by atoms with Gasteiger partial charge < -0.3 is 14.4 Å². The lowest BCUT2D eigenvalue weighted by Crippen LogP contribution is -2.20. The van der Waals surface area contributed by atoms with Crippen molar-refractivity contribution in [1.82, 2.24) is 4.57 Å². The average Bonchev–Trinajstić information content (AvgIpc) is 3.46. The van der Waals surface area contributed by atoms with Gasteiger partial charge in [0.25, 0.3) is 0 Å². The zero-order valence-electron chi connectivity index (χ0n) is 16.3. The summed E-state index contributed by atoms with van der Waals surface area (Å²) in [4.78, 5) is 27.4. The van der Waals surface area contributed by atoms with Crippen LogP contribution in [0.2, 0.25) is 0 Å². The largest absolute Gasteiger partial charge is 0.462 e. The Morgan fingerprint density at radius 2 is 2.10 bits per heavy atom. The predicted octanol–water partition coefficient (Wildman–Crippen LogP) is 4.61. The fraction of sp³-hybridized carbons (Fsp3) is 0.391. The molecule has 6 heteroatoms. The Bertz CT molecular complexity index is 1170. The van der Waals surface area contributed by atoms with Gasteiger partial charge >= 0.3 is 5.97 Å². The van der Waals surface area contributed by atoms with E-state index >= 15 is 0 Å². The first-order valence-corrected chi connectivity index (χ1v) is 11.1. The summed E-state index contributed by atoms with van der Waals surface area (Å²) in [5, 5.41) is 10.9. The number of thiophene rings is 1. The molecule has 150 valence electrons. The van der Waals surface area contributed by atoms with Gasteiger partial charge in [0.05, 0.1) is 18.2 Å². The number of carbonyl (C=O) groups is 1. The highest BCUT2D eigenvalue weighted by Crippen LogP contribution is 2.42. The van der Waals surface area contributed by atoms with Crippen LogP contribution in [0, 0.1) is 0 Å². The first-order valence-electron chi connectivity index (χ1n) is 10.2. The van der Waals surface area contributed by atoms with Crippen LogP contribution in [-0.2, 0) is 11.2 Å². The normalized spacial score (nSPS) is 18.6. The first kappa shape index (κ1) is 18.6. The Balaban J connectivity index is 1.65. The lowest BCUT2D eigenvalue weighted by molar-refractivity contribution is 0.0524. The van der Waals surface area contributed by atoms with E-state index in [-0.39, 0.29) is 23.7 Å². The lowest BCUT2D eigenvalue weighted by atomic mass is 9.96. The van der Waals surface area contributed by atoms with E-state index in [1.807, 2.05) is 18.2 Å². The van der Waals surface area contributed by atoms with Crippen molar-refractivity contribution < 1.29 is 14.6 Å². The molecular formula is C23H23NO4S. The van der Waals surface area contributed by atoms with Crippen molar-refractivity contribution in [3.63, 3.8) is 0 Å². The number of hydrogen-bond acceptors (Lipinski definition) is 5. The van der Waals surface area contributed by atoms with Crippen molar-refractivity contribution in [2.75, 3.05) is 6.61 Å². The number of hydrogen-bond donors (Lipinski definition) is 1. The Morgan fingerprint density at radius 1 is 1.28 bits per heavy atom. The van der Waals surface area contributed by atoms with Crippen LogP contribution in [0.4, 0.5) is 0 Å². The number of aliphatic hydroxyl groups excluding tert-OH is 1. The third-order valence-corrected chi connectivity index (χ3v) is 7.15. The van der Waals surface area contributed by atoms with Crippen molar-refractivity contribution in [2.45, 2.75) is 51.2 Å². The first-order chi connectivity index (χ1) is 14.1. The molecule has 2 aliphatic carbocycles. The maximum atomic E-state index is 12.9. The van der Waals surface area contributed by atoms with Gasteiger partial charge in [0.1, 0.15) is 5.56 Å². The van der Waals surface area contributed by atoms with Gasteiger partial charge in [0.2, 0.25) is 5.43 Å². The maximum Gasteiger partial charge on any atom is 0.343 e. The molecule has 0 aliphatic heterocycles. The third-order valence-electron chi connectivity index (χ3n) is 5.82. The molecule has 0 saturated heterocycles. The fourth-order valence-electron chi connectivity index (χ4n) is 4.19. The smallest absolute Gasteiger partial charge is 0.343 e. The molecule has 2 aromatic heterocycles. The van der Waals surface area contributed by atoms with E-state index in [1.165, 1.54) is 5.56 Å². The minimum Gasteiger partial charge on any atom is -0.462 e. The molecular weight excluding hydrogens is 386 g/mol. The molecule has 0 amide bonds. The summed E-state index contributed by atoms with van der Waals surface area (Å²) in [7, 11) is 0. The lowest BCUT2D eigenvalue weighted by Gasteiger charge is -2.16. The molecule has 3 aromatic rings. The molecule has 1 N–H and O–H groups in total. The standard InChI is InChI=1S/C23H23NO4S/c1-2-28-23(27)17-12-24(15-7-8-15)18-10-13(6-9-16(18)21(17)26)20-11-14-4-3-5-19(25)22(14)29-20/h6,9-12,15,19,25H,2-5,7-8H2,1H3. The Morgan fingerprint density at radius 3 is 2.83 bits per heavy atom. The van der Waals surface area contributed by atoms with Crippen LogP contribution in [-0.4, -0.2) is 22.2 Å². The fourth-order valence-corrected chi connectivity index (χ4v) is 5.42. The highest BCUT2D eigenvalue weighted by Gasteiger charge is 2.28. The zero-order valence-corrected chi connectivity index (χ0v) is 17.1. The zero-order chi connectivity index (χ0) is 20.1. The molecule has 0 spiro atoms. The summed E-state index contributed by atoms with van der Waals surface area (Å²) in [5.41, 5.74) is 2.97. The van der Waals surface area contributed by atoms with E-state index in [0.717, 1.165) is 52.9 Å². The van der Waals surface area contributed by atoms with Gasteiger partial charge in [-0.2, -0.15) is 0 Å². The molecule has 2 aliphatic rings. The predicted molar refractivity (Wildman–Crippen MR) is 114 cm³/mol. The van der Waals surface area contributed by atoms with Crippen LogP contribution in [0.3, 0.4) is 0 Å². The van der Waals surface area contributed by atoms with E-state index in [4.69, 9.17) is 4.74 Å². The summed E-state index contributed by atoms with van der Waals surface area (Å²) in [5.74, 6) is -0.558. The number of aryl methyl sites for hydroxylation is 1. The summed E-state index contributed by atoms with van der Waals surface area (Å²) in [6.07, 6.45) is 6.24. The van der Waals surface area contributed by atoms with E-state index in [9.17, 15) is 14.7 Å². The number of rotatable bonds is 4. The van der Waals surface area contributed by atoms with Crippen molar-refractivity contribution >= 4 is 28.2 Å². The van der Waals surface area contributed by atoms with E-state index in [0.29, 0.717) is 11.4 Å².